The molecule has 19 heteroatoms. The molecule has 0 spiro atoms. The first-order chi connectivity index (χ1) is 46.9. The van der Waals surface area contributed by atoms with Crippen molar-refractivity contribution in [2.45, 2.75) is 426 Å². The number of carbonyl (C=O) groups excluding carboxylic acids is 4. The molecule has 0 radical (unpaired) electrons. The molecule has 0 heterocycles. The number of aliphatic hydroxyl groups is 1. The Kier molecular flexibility index (Phi) is 68.4. The predicted molar refractivity (Wildman–Crippen MR) is 395 cm³/mol. The van der Waals surface area contributed by atoms with Crippen molar-refractivity contribution in [3.05, 3.63) is 0 Å². The lowest BCUT2D eigenvalue weighted by Gasteiger charge is -2.21. The zero-order valence-electron chi connectivity index (χ0n) is 63.4. The largest absolute Gasteiger partial charge is 0.472 e. The molecule has 0 fully saturated rings. The molecule has 0 aliphatic rings. The highest BCUT2D eigenvalue weighted by molar-refractivity contribution is 7.47. The van der Waals surface area contributed by atoms with Crippen molar-refractivity contribution in [1.29, 1.82) is 0 Å². The molecule has 3 N–H and O–H groups in total. The second kappa shape index (κ2) is 69.8. The summed E-state index contributed by atoms with van der Waals surface area (Å²) in [6.07, 6.45) is 58.1. The normalized spacial score (nSPS) is 14.2. The Hall–Kier alpha value is -1.94. The molecule has 3 unspecified atom stereocenters. The molecular weight excluding hydrogens is 1270 g/mol. The zero-order valence-corrected chi connectivity index (χ0v) is 65.2. The van der Waals surface area contributed by atoms with Gasteiger partial charge in [0.25, 0.3) is 0 Å². The van der Waals surface area contributed by atoms with Gasteiger partial charge >= 0.3 is 39.5 Å². The highest BCUT2D eigenvalue weighted by Gasteiger charge is 2.30. The SMILES string of the molecule is CCCCCCCCCCCCCCC(=O)O[C@H](COC(=O)CCCCCCCCCCCC)COP(=O)(O)OC[C@H](O)COP(=O)(O)OC[C@@H](COC(=O)CCCCCCCCCCCCCCCCC(C)C)OC(=O)CCCCCCCCCCCCCCCCC(C)CC. The number of phosphoric ester groups is 2. The summed E-state index contributed by atoms with van der Waals surface area (Å²) in [5.41, 5.74) is 0. The van der Waals surface area contributed by atoms with E-state index in [0.29, 0.717) is 25.7 Å². The Bertz CT molecular complexity index is 1870. The number of unbranched alkanes of at least 4 members (excludes halogenated alkanes) is 46. The Morgan fingerprint density at radius 2 is 0.526 bits per heavy atom. The van der Waals surface area contributed by atoms with Crippen LogP contribution in [0.3, 0.4) is 0 Å². The van der Waals surface area contributed by atoms with Crippen LogP contribution in [0.25, 0.3) is 0 Å². The summed E-state index contributed by atoms with van der Waals surface area (Å²) in [6.45, 7) is 9.68. The van der Waals surface area contributed by atoms with E-state index in [1.165, 1.54) is 225 Å². The van der Waals surface area contributed by atoms with Gasteiger partial charge in [-0.15, -0.1) is 0 Å². The maximum Gasteiger partial charge on any atom is 0.472 e. The summed E-state index contributed by atoms with van der Waals surface area (Å²) >= 11 is 0. The van der Waals surface area contributed by atoms with Gasteiger partial charge in [0.2, 0.25) is 0 Å². The second-order valence-corrected chi connectivity index (χ2v) is 31.7. The zero-order chi connectivity index (χ0) is 71.4. The molecule has 0 saturated heterocycles. The smallest absolute Gasteiger partial charge is 0.462 e. The predicted octanol–water partition coefficient (Wildman–Crippen LogP) is 23.1. The van der Waals surface area contributed by atoms with Crippen LogP contribution in [0.4, 0.5) is 0 Å². The van der Waals surface area contributed by atoms with Gasteiger partial charge in [0, 0.05) is 25.7 Å². The summed E-state index contributed by atoms with van der Waals surface area (Å²) in [6, 6.07) is 0. The summed E-state index contributed by atoms with van der Waals surface area (Å²) in [5.74, 6) is -0.466. The Balaban J connectivity index is 5.24. The van der Waals surface area contributed by atoms with E-state index in [1.54, 1.807) is 0 Å². The number of hydrogen-bond donors (Lipinski definition) is 3. The number of aliphatic hydroxyl groups excluding tert-OH is 1. The first-order valence-electron chi connectivity index (χ1n) is 40.5. The van der Waals surface area contributed by atoms with Crippen LogP contribution in [0.1, 0.15) is 408 Å². The molecule has 0 bridgehead atoms. The lowest BCUT2D eigenvalue weighted by molar-refractivity contribution is -0.161. The van der Waals surface area contributed by atoms with Gasteiger partial charge in [-0.1, -0.05) is 356 Å². The highest BCUT2D eigenvalue weighted by atomic mass is 31.2. The van der Waals surface area contributed by atoms with Gasteiger partial charge < -0.3 is 33.8 Å². The van der Waals surface area contributed by atoms with Crippen molar-refractivity contribution >= 4 is 39.5 Å². The van der Waals surface area contributed by atoms with Crippen molar-refractivity contribution in [3.8, 4) is 0 Å². The molecule has 0 aromatic rings. The molecule has 0 aromatic heterocycles. The molecule has 0 saturated carbocycles. The summed E-state index contributed by atoms with van der Waals surface area (Å²) in [4.78, 5) is 72.9. The molecule has 0 aliphatic carbocycles. The Morgan fingerprint density at radius 1 is 0.299 bits per heavy atom. The van der Waals surface area contributed by atoms with Crippen LogP contribution in [0.15, 0.2) is 0 Å². The van der Waals surface area contributed by atoms with Crippen LogP contribution in [0.5, 0.6) is 0 Å². The van der Waals surface area contributed by atoms with E-state index in [1.807, 2.05) is 0 Å². The van der Waals surface area contributed by atoms with Gasteiger partial charge in [0.05, 0.1) is 26.4 Å². The average molecular weight is 1420 g/mol. The third kappa shape index (κ3) is 70.9. The van der Waals surface area contributed by atoms with E-state index >= 15 is 0 Å². The first-order valence-corrected chi connectivity index (χ1v) is 43.5. The van der Waals surface area contributed by atoms with Crippen molar-refractivity contribution in [2.24, 2.45) is 11.8 Å². The van der Waals surface area contributed by atoms with E-state index in [2.05, 4.69) is 41.5 Å². The quantitative estimate of drug-likeness (QED) is 0.0222. The fraction of sp³-hybridized carbons (Fsp3) is 0.949. The van der Waals surface area contributed by atoms with Crippen molar-refractivity contribution in [3.63, 3.8) is 0 Å². The van der Waals surface area contributed by atoms with Gasteiger partial charge in [-0.3, -0.25) is 37.3 Å². The minimum Gasteiger partial charge on any atom is -0.462 e. The molecule has 0 aliphatic heterocycles. The van der Waals surface area contributed by atoms with Crippen LogP contribution in [0.2, 0.25) is 0 Å². The lowest BCUT2D eigenvalue weighted by Crippen LogP contribution is -2.30. The molecule has 97 heavy (non-hydrogen) atoms. The molecule has 6 atom stereocenters. The van der Waals surface area contributed by atoms with Crippen molar-refractivity contribution < 1.29 is 80.2 Å². The highest BCUT2D eigenvalue weighted by Crippen LogP contribution is 2.45. The number of ether oxygens (including phenoxy) is 4. The Labute approximate surface area is 594 Å². The maximum absolute atomic E-state index is 13.1. The van der Waals surface area contributed by atoms with Gasteiger partial charge in [0.1, 0.15) is 19.3 Å². The van der Waals surface area contributed by atoms with Gasteiger partial charge in [-0.05, 0) is 37.5 Å². The Morgan fingerprint density at radius 3 is 0.784 bits per heavy atom. The fourth-order valence-electron chi connectivity index (χ4n) is 12.0. The van der Waals surface area contributed by atoms with Gasteiger partial charge in [0.15, 0.2) is 12.2 Å². The van der Waals surface area contributed by atoms with Crippen LogP contribution in [0, 0.1) is 11.8 Å². The molecular formula is C78H152O17P2. The van der Waals surface area contributed by atoms with Gasteiger partial charge in [-0.2, -0.15) is 0 Å². The lowest BCUT2D eigenvalue weighted by atomic mass is 9.99. The van der Waals surface area contributed by atoms with E-state index in [4.69, 9.17) is 37.0 Å². The number of phosphoric acid groups is 2. The number of rotatable bonds is 77. The second-order valence-electron chi connectivity index (χ2n) is 28.8. The van der Waals surface area contributed by atoms with Crippen molar-refractivity contribution in [1.82, 2.24) is 0 Å². The van der Waals surface area contributed by atoms with E-state index < -0.39 is 97.5 Å². The molecule has 0 amide bonds. The van der Waals surface area contributed by atoms with Crippen LogP contribution in [-0.2, 0) is 65.4 Å². The van der Waals surface area contributed by atoms with Crippen molar-refractivity contribution in [2.75, 3.05) is 39.6 Å². The standard InChI is InChI=1S/C78H152O17P2/c1-7-10-12-14-16-18-20-31-38-44-50-56-62-77(82)94-73(66-88-75(80)60-54-48-42-36-19-17-15-13-11-8-2)68-92-96(84,85)90-64-72(79)65-91-97(86,87)93-69-74(67-89-76(81)61-55-49-43-37-32-27-23-21-25-29-34-40-46-52-58-70(4)5)95-78(83)63-57-51-45-39-33-28-24-22-26-30-35-41-47-53-59-71(6)9-3/h70-74,79H,7-69H2,1-6H3,(H,84,85)(H,86,87)/t71?,72-,73+,74+/m0/s1. The van der Waals surface area contributed by atoms with E-state index in [0.717, 1.165) is 102 Å². The van der Waals surface area contributed by atoms with E-state index in [-0.39, 0.29) is 25.7 Å². The minimum atomic E-state index is -4.96. The van der Waals surface area contributed by atoms with Crippen LogP contribution < -0.4 is 0 Å². The average Bonchev–Trinajstić information content (AvgIpc) is 2.21. The minimum absolute atomic E-state index is 0.108. The summed E-state index contributed by atoms with van der Waals surface area (Å²) in [7, 11) is -9.91. The fourth-order valence-corrected chi connectivity index (χ4v) is 13.6. The third-order valence-electron chi connectivity index (χ3n) is 18.6. The topological polar surface area (TPSA) is 237 Å². The molecule has 17 nitrogen and oxygen atoms in total. The third-order valence-corrected chi connectivity index (χ3v) is 20.5. The number of carbonyl (C=O) groups is 4. The van der Waals surface area contributed by atoms with Crippen LogP contribution >= 0.6 is 15.6 Å². The van der Waals surface area contributed by atoms with Crippen LogP contribution in [-0.4, -0.2) is 96.7 Å². The number of hydrogen-bond acceptors (Lipinski definition) is 15. The van der Waals surface area contributed by atoms with Gasteiger partial charge in [-0.25, -0.2) is 9.13 Å². The molecule has 0 rings (SSSR count). The first kappa shape index (κ1) is 95.1. The molecule has 576 valence electrons. The summed E-state index contributed by atoms with van der Waals surface area (Å²) in [5, 5.41) is 10.6. The van der Waals surface area contributed by atoms with E-state index in [9.17, 15) is 43.2 Å². The summed E-state index contributed by atoms with van der Waals surface area (Å²) < 4.78 is 68.6. The molecule has 0 aromatic carbocycles. The monoisotopic (exact) mass is 1420 g/mol. The maximum atomic E-state index is 13.1. The number of esters is 4.